The lowest BCUT2D eigenvalue weighted by Gasteiger charge is -2.26. The highest BCUT2D eigenvalue weighted by Gasteiger charge is 2.37. The van der Waals surface area contributed by atoms with Crippen molar-refractivity contribution in [1.82, 2.24) is 5.32 Å². The molecule has 10 nitrogen and oxygen atoms in total. The van der Waals surface area contributed by atoms with Crippen LogP contribution in [0, 0.1) is 5.82 Å². The van der Waals surface area contributed by atoms with Gasteiger partial charge in [0.1, 0.15) is 17.1 Å². The Morgan fingerprint density at radius 2 is 1.77 bits per heavy atom. The number of hydrogen-bond acceptors (Lipinski definition) is 7. The number of rotatable bonds is 9. The molecule has 12 heteroatoms. The number of carbonyl (C=O) groups is 4. The van der Waals surface area contributed by atoms with Crippen molar-refractivity contribution in [2.45, 2.75) is 6.92 Å². The smallest absolute Gasteiger partial charge is 0.335 e. The molecule has 4 rings (SSSR count). The summed E-state index contributed by atoms with van der Waals surface area (Å²) >= 11 is 6.44. The molecule has 0 atom stereocenters. The quantitative estimate of drug-likeness (QED) is 0.287. The number of barbiturate groups is 1. The normalized spacial score (nSPS) is 14.2. The van der Waals surface area contributed by atoms with Gasteiger partial charge in [0, 0.05) is 0 Å². The van der Waals surface area contributed by atoms with E-state index in [1.165, 1.54) is 37.5 Å². The van der Waals surface area contributed by atoms with Gasteiger partial charge in [0.25, 0.3) is 17.7 Å². The largest absolute Gasteiger partial charge is 0.495 e. The Kier molecular flexibility index (Phi) is 8.65. The third-order valence-corrected chi connectivity index (χ3v) is 5.84. The van der Waals surface area contributed by atoms with Crippen LogP contribution in [0.3, 0.4) is 0 Å². The van der Waals surface area contributed by atoms with Gasteiger partial charge in [0.05, 0.1) is 30.1 Å². The average Bonchev–Trinajstić information content (AvgIpc) is 2.92. The summed E-state index contributed by atoms with van der Waals surface area (Å²) in [7, 11) is 1.48. The lowest BCUT2D eigenvalue weighted by molar-refractivity contribution is -0.122. The molecule has 5 amide bonds. The van der Waals surface area contributed by atoms with E-state index in [2.05, 4.69) is 10.6 Å². The van der Waals surface area contributed by atoms with Crippen molar-refractivity contribution in [3.05, 3.63) is 82.6 Å². The third kappa shape index (κ3) is 6.21. The van der Waals surface area contributed by atoms with Crippen molar-refractivity contribution < 1.29 is 37.8 Å². The Morgan fingerprint density at radius 1 is 1.05 bits per heavy atom. The van der Waals surface area contributed by atoms with Gasteiger partial charge in [-0.25, -0.2) is 14.1 Å². The van der Waals surface area contributed by atoms with Crippen molar-refractivity contribution in [1.29, 1.82) is 0 Å². The van der Waals surface area contributed by atoms with E-state index in [-0.39, 0.29) is 40.0 Å². The summed E-state index contributed by atoms with van der Waals surface area (Å²) in [5.41, 5.74) is 0.448. The van der Waals surface area contributed by atoms with Gasteiger partial charge in [-0.1, -0.05) is 23.7 Å². The molecule has 1 aliphatic rings. The molecule has 3 aromatic rings. The Balaban J connectivity index is 1.57. The maximum atomic E-state index is 13.3. The van der Waals surface area contributed by atoms with Crippen molar-refractivity contribution in [2.75, 3.05) is 30.5 Å². The fourth-order valence-electron chi connectivity index (χ4n) is 3.79. The van der Waals surface area contributed by atoms with Gasteiger partial charge in [-0.05, 0) is 67.1 Å². The Bertz CT molecular complexity index is 1510. The molecule has 0 aromatic heterocycles. The standard InChI is InChI=1S/C28H23ClFN3O7/c1-3-39-23-14-16(12-19-26(35)32-28(37)33(27(19)36)18-10-8-17(30)9-11-18)13-20(29)25(23)40-15-24(34)31-21-6-4-5-7-22(21)38-2/h4-14H,3,15H2,1-2H3,(H,31,34)(H,32,35,37)/b19-12+. The van der Waals surface area contributed by atoms with E-state index in [9.17, 15) is 23.6 Å². The van der Waals surface area contributed by atoms with Gasteiger partial charge in [-0.3, -0.25) is 19.7 Å². The zero-order chi connectivity index (χ0) is 28.8. The van der Waals surface area contributed by atoms with E-state index in [1.54, 1.807) is 31.2 Å². The number of halogens is 2. The van der Waals surface area contributed by atoms with E-state index in [1.807, 2.05) is 0 Å². The fourth-order valence-corrected chi connectivity index (χ4v) is 4.07. The molecule has 0 saturated carbocycles. The van der Waals surface area contributed by atoms with Crippen molar-refractivity contribution >= 4 is 52.8 Å². The molecule has 0 aliphatic carbocycles. The maximum absolute atomic E-state index is 13.3. The van der Waals surface area contributed by atoms with Gasteiger partial charge in [-0.2, -0.15) is 0 Å². The molecular weight excluding hydrogens is 545 g/mol. The van der Waals surface area contributed by atoms with Crippen LogP contribution >= 0.6 is 11.6 Å². The highest BCUT2D eigenvalue weighted by Crippen LogP contribution is 2.38. The number of imide groups is 2. The van der Waals surface area contributed by atoms with Gasteiger partial charge in [-0.15, -0.1) is 0 Å². The number of anilines is 2. The molecule has 2 N–H and O–H groups in total. The van der Waals surface area contributed by atoms with Crippen LogP contribution in [0.25, 0.3) is 6.08 Å². The Hall–Kier alpha value is -4.90. The SMILES string of the molecule is CCOc1cc(/C=C2\C(=O)NC(=O)N(c3ccc(F)cc3)C2=O)cc(Cl)c1OCC(=O)Nc1ccccc1OC. The summed E-state index contributed by atoms with van der Waals surface area (Å²) in [6.07, 6.45) is 1.23. The van der Waals surface area contributed by atoms with Crippen LogP contribution in [0.5, 0.6) is 17.2 Å². The molecule has 0 bridgehead atoms. The first-order valence-electron chi connectivity index (χ1n) is 11.9. The number of methoxy groups -OCH3 is 1. The number of urea groups is 1. The summed E-state index contributed by atoms with van der Waals surface area (Å²) < 4.78 is 29.8. The average molecular weight is 568 g/mol. The minimum Gasteiger partial charge on any atom is -0.495 e. The zero-order valence-electron chi connectivity index (χ0n) is 21.3. The number of carbonyl (C=O) groups excluding carboxylic acids is 4. The van der Waals surface area contributed by atoms with Crippen LogP contribution in [0.15, 0.2) is 66.2 Å². The summed E-state index contributed by atoms with van der Waals surface area (Å²) in [6, 6.07) is 13.4. The second-order valence-corrected chi connectivity index (χ2v) is 8.64. The van der Waals surface area contributed by atoms with Crippen LogP contribution in [0.2, 0.25) is 5.02 Å². The van der Waals surface area contributed by atoms with Crippen molar-refractivity contribution in [2.24, 2.45) is 0 Å². The molecule has 0 radical (unpaired) electrons. The minimum atomic E-state index is -0.970. The lowest BCUT2D eigenvalue weighted by Crippen LogP contribution is -2.54. The number of ether oxygens (including phenoxy) is 3. The van der Waals surface area contributed by atoms with Crippen molar-refractivity contribution in [3.8, 4) is 17.2 Å². The second-order valence-electron chi connectivity index (χ2n) is 8.23. The van der Waals surface area contributed by atoms with Crippen LogP contribution in [-0.4, -0.2) is 44.1 Å². The molecule has 0 unspecified atom stereocenters. The first-order chi connectivity index (χ1) is 19.2. The topological polar surface area (TPSA) is 123 Å². The van der Waals surface area contributed by atoms with E-state index >= 15 is 0 Å². The predicted molar refractivity (Wildman–Crippen MR) is 145 cm³/mol. The number of hydrogen-bond donors (Lipinski definition) is 2. The number of benzene rings is 3. The summed E-state index contributed by atoms with van der Waals surface area (Å²) in [5, 5.41) is 4.82. The highest BCUT2D eigenvalue weighted by molar-refractivity contribution is 6.39. The number of nitrogens with zero attached hydrogens (tertiary/aromatic N) is 1. The summed E-state index contributed by atoms with van der Waals surface area (Å²) in [6.45, 7) is 1.53. The molecule has 0 spiro atoms. The molecular formula is C28H23ClFN3O7. The molecule has 1 saturated heterocycles. The lowest BCUT2D eigenvalue weighted by atomic mass is 10.1. The molecule has 40 heavy (non-hydrogen) atoms. The van der Waals surface area contributed by atoms with Gasteiger partial charge in [0.15, 0.2) is 18.1 Å². The number of nitrogens with one attached hydrogen (secondary N) is 2. The maximum Gasteiger partial charge on any atom is 0.335 e. The van der Waals surface area contributed by atoms with Gasteiger partial charge < -0.3 is 19.5 Å². The second kappa shape index (κ2) is 12.3. The summed E-state index contributed by atoms with van der Waals surface area (Å²) in [5.74, 6) is -2.17. The molecule has 1 aliphatic heterocycles. The fraction of sp³-hybridized carbons (Fsp3) is 0.143. The van der Waals surface area contributed by atoms with Crippen LogP contribution in [0.1, 0.15) is 12.5 Å². The first kappa shape index (κ1) is 28.1. The number of para-hydroxylation sites is 2. The van der Waals surface area contributed by atoms with E-state index in [0.29, 0.717) is 11.4 Å². The van der Waals surface area contributed by atoms with Crippen LogP contribution in [-0.2, 0) is 14.4 Å². The molecule has 1 heterocycles. The van der Waals surface area contributed by atoms with Crippen molar-refractivity contribution in [3.63, 3.8) is 0 Å². The van der Waals surface area contributed by atoms with Gasteiger partial charge >= 0.3 is 6.03 Å². The van der Waals surface area contributed by atoms with Crippen LogP contribution < -0.4 is 29.7 Å². The Labute approximate surface area is 233 Å². The first-order valence-corrected chi connectivity index (χ1v) is 12.3. The van der Waals surface area contributed by atoms with Gasteiger partial charge in [0.2, 0.25) is 0 Å². The third-order valence-electron chi connectivity index (χ3n) is 5.56. The predicted octanol–water partition coefficient (Wildman–Crippen LogP) is 4.57. The van der Waals surface area contributed by atoms with E-state index in [4.69, 9.17) is 25.8 Å². The molecule has 1 fully saturated rings. The summed E-state index contributed by atoms with van der Waals surface area (Å²) in [4.78, 5) is 51.2. The molecule has 3 aromatic carbocycles. The van der Waals surface area contributed by atoms with E-state index in [0.717, 1.165) is 17.0 Å². The monoisotopic (exact) mass is 567 g/mol. The minimum absolute atomic E-state index is 0.0398. The molecule has 206 valence electrons. The van der Waals surface area contributed by atoms with E-state index < -0.39 is 36.2 Å². The highest BCUT2D eigenvalue weighted by atomic mass is 35.5. The Morgan fingerprint density at radius 3 is 2.48 bits per heavy atom. The number of amides is 5. The van der Waals surface area contributed by atoms with Crippen LogP contribution in [0.4, 0.5) is 20.6 Å². The zero-order valence-corrected chi connectivity index (χ0v) is 22.1.